The van der Waals surface area contributed by atoms with E-state index >= 15 is 0 Å². The van der Waals surface area contributed by atoms with Crippen LogP contribution in [0.2, 0.25) is 0 Å². The molecule has 2 heterocycles. The molecular formula is C14H25N5O. The van der Waals surface area contributed by atoms with Crippen molar-refractivity contribution in [2.24, 2.45) is 7.05 Å². The lowest BCUT2D eigenvalue weighted by Gasteiger charge is -2.29. The number of rotatable bonds is 5. The third kappa shape index (κ3) is 3.58. The number of amides is 1. The number of piperazine rings is 1. The molecule has 1 saturated heterocycles. The molecule has 0 bridgehead atoms. The minimum Gasteiger partial charge on any atom is -0.340 e. The van der Waals surface area contributed by atoms with Gasteiger partial charge in [-0.05, 0) is 6.42 Å². The normalized spacial score (nSPS) is 16.4. The maximum Gasteiger partial charge on any atom is 0.257 e. The highest BCUT2D eigenvalue weighted by Crippen LogP contribution is 2.10. The smallest absolute Gasteiger partial charge is 0.257 e. The summed E-state index contributed by atoms with van der Waals surface area (Å²) in [6, 6.07) is 0. The Morgan fingerprint density at radius 1 is 1.45 bits per heavy atom. The second-order valence-electron chi connectivity index (χ2n) is 5.34. The predicted octanol–water partition coefficient (Wildman–Crippen LogP) is -0.0403. The minimum atomic E-state index is 0.0742. The van der Waals surface area contributed by atoms with Gasteiger partial charge in [0.1, 0.15) is 0 Å². The van der Waals surface area contributed by atoms with E-state index in [0.717, 1.165) is 56.9 Å². The van der Waals surface area contributed by atoms with E-state index in [4.69, 9.17) is 0 Å². The Morgan fingerprint density at radius 2 is 2.15 bits per heavy atom. The maximum absolute atomic E-state index is 12.5. The Kier molecular flexibility index (Phi) is 5.14. The third-order valence-electron chi connectivity index (χ3n) is 3.78. The van der Waals surface area contributed by atoms with Crippen LogP contribution in [0.1, 0.15) is 23.0 Å². The summed E-state index contributed by atoms with van der Waals surface area (Å²) in [5.41, 5.74) is 1.62. The van der Waals surface area contributed by atoms with Crippen LogP contribution in [0.3, 0.4) is 0 Å². The zero-order valence-electron chi connectivity index (χ0n) is 12.7. The Labute approximate surface area is 120 Å². The number of aromatic nitrogens is 2. The van der Waals surface area contributed by atoms with E-state index in [1.54, 1.807) is 9.58 Å². The van der Waals surface area contributed by atoms with Crippen molar-refractivity contribution in [1.29, 1.82) is 0 Å². The van der Waals surface area contributed by atoms with Gasteiger partial charge in [-0.2, -0.15) is 5.10 Å². The highest BCUT2D eigenvalue weighted by molar-refractivity contribution is 5.95. The molecule has 0 atom stereocenters. The van der Waals surface area contributed by atoms with Crippen LogP contribution >= 0.6 is 0 Å². The van der Waals surface area contributed by atoms with Crippen LogP contribution in [-0.2, 0) is 13.5 Å². The van der Waals surface area contributed by atoms with Gasteiger partial charge in [0.15, 0.2) is 0 Å². The maximum atomic E-state index is 12.5. The topological polar surface area (TPSA) is 53.4 Å². The summed E-state index contributed by atoms with van der Waals surface area (Å²) in [5, 5.41) is 7.67. The molecule has 0 unspecified atom stereocenters. The van der Waals surface area contributed by atoms with Crippen LogP contribution in [0.15, 0.2) is 6.20 Å². The second kappa shape index (κ2) is 6.85. The molecule has 2 rings (SSSR count). The summed E-state index contributed by atoms with van der Waals surface area (Å²) < 4.78 is 1.72. The summed E-state index contributed by atoms with van der Waals surface area (Å²) in [6.45, 7) is 7.94. The molecule has 20 heavy (non-hydrogen) atoms. The van der Waals surface area contributed by atoms with Crippen molar-refractivity contribution in [3.8, 4) is 0 Å². The lowest BCUT2D eigenvalue weighted by atomic mass is 10.2. The van der Waals surface area contributed by atoms with E-state index in [2.05, 4.69) is 15.3 Å². The van der Waals surface area contributed by atoms with Crippen LogP contribution in [0.5, 0.6) is 0 Å². The van der Waals surface area contributed by atoms with Crippen LogP contribution in [0.25, 0.3) is 0 Å². The highest BCUT2D eigenvalue weighted by atomic mass is 16.2. The SMILES string of the molecule is CCc1nn(C)cc1C(=O)N(C)CCN1CCNCC1. The largest absolute Gasteiger partial charge is 0.340 e. The van der Waals surface area contributed by atoms with Crippen LogP contribution in [-0.4, -0.2) is 71.8 Å². The van der Waals surface area contributed by atoms with Crippen molar-refractivity contribution in [3.05, 3.63) is 17.5 Å². The van der Waals surface area contributed by atoms with Gasteiger partial charge in [-0.3, -0.25) is 14.4 Å². The predicted molar refractivity (Wildman–Crippen MR) is 78.9 cm³/mol. The number of aryl methyl sites for hydroxylation is 2. The zero-order valence-corrected chi connectivity index (χ0v) is 12.7. The Hall–Kier alpha value is -1.40. The number of hydrogen-bond acceptors (Lipinski definition) is 4. The van der Waals surface area contributed by atoms with Crippen LogP contribution in [0.4, 0.5) is 0 Å². The van der Waals surface area contributed by atoms with E-state index < -0.39 is 0 Å². The van der Waals surface area contributed by atoms with E-state index in [1.165, 1.54) is 0 Å². The molecule has 0 saturated carbocycles. The number of carbonyl (C=O) groups excluding carboxylic acids is 1. The molecule has 0 radical (unpaired) electrons. The van der Waals surface area contributed by atoms with Crippen molar-refractivity contribution in [2.45, 2.75) is 13.3 Å². The second-order valence-corrected chi connectivity index (χ2v) is 5.34. The van der Waals surface area contributed by atoms with Crippen molar-refractivity contribution in [1.82, 2.24) is 24.9 Å². The molecule has 0 spiro atoms. The first-order chi connectivity index (χ1) is 9.61. The van der Waals surface area contributed by atoms with E-state index in [-0.39, 0.29) is 5.91 Å². The molecule has 0 aromatic carbocycles. The summed E-state index contributed by atoms with van der Waals surface area (Å²) >= 11 is 0. The Bertz CT molecular complexity index is 450. The summed E-state index contributed by atoms with van der Waals surface area (Å²) in [6.07, 6.45) is 2.61. The lowest BCUT2D eigenvalue weighted by Crippen LogP contribution is -2.46. The van der Waals surface area contributed by atoms with Gasteiger partial charge in [0.25, 0.3) is 5.91 Å². The first kappa shape index (κ1) is 15.0. The van der Waals surface area contributed by atoms with Crippen molar-refractivity contribution in [2.75, 3.05) is 46.3 Å². The molecule has 1 fully saturated rings. The van der Waals surface area contributed by atoms with Gasteiger partial charge in [0.2, 0.25) is 0 Å². The Balaban J connectivity index is 1.90. The fourth-order valence-electron chi connectivity index (χ4n) is 2.51. The number of hydrogen-bond donors (Lipinski definition) is 1. The average molecular weight is 279 g/mol. The summed E-state index contributed by atoms with van der Waals surface area (Å²) in [4.78, 5) is 16.6. The third-order valence-corrected chi connectivity index (χ3v) is 3.78. The van der Waals surface area contributed by atoms with Gasteiger partial charge in [-0.1, -0.05) is 6.92 Å². The molecule has 1 aliphatic rings. The molecule has 112 valence electrons. The Morgan fingerprint density at radius 3 is 2.80 bits per heavy atom. The molecule has 6 nitrogen and oxygen atoms in total. The van der Waals surface area contributed by atoms with Gasteiger partial charge >= 0.3 is 0 Å². The lowest BCUT2D eigenvalue weighted by molar-refractivity contribution is 0.0773. The summed E-state index contributed by atoms with van der Waals surface area (Å²) in [5.74, 6) is 0.0742. The minimum absolute atomic E-state index is 0.0742. The number of carbonyl (C=O) groups is 1. The molecular weight excluding hydrogens is 254 g/mol. The summed E-state index contributed by atoms with van der Waals surface area (Å²) in [7, 11) is 3.73. The highest BCUT2D eigenvalue weighted by Gasteiger charge is 2.19. The molecule has 0 aliphatic carbocycles. The zero-order chi connectivity index (χ0) is 14.5. The van der Waals surface area contributed by atoms with Gasteiger partial charge in [-0.25, -0.2) is 0 Å². The fraction of sp³-hybridized carbons (Fsp3) is 0.714. The van der Waals surface area contributed by atoms with Crippen molar-refractivity contribution >= 4 is 5.91 Å². The number of nitrogens with zero attached hydrogens (tertiary/aromatic N) is 4. The van der Waals surface area contributed by atoms with Gasteiger partial charge in [0, 0.05) is 59.6 Å². The van der Waals surface area contributed by atoms with Crippen LogP contribution in [0, 0.1) is 0 Å². The molecule has 1 aromatic heterocycles. The van der Waals surface area contributed by atoms with E-state index in [1.807, 2.05) is 27.2 Å². The molecule has 6 heteroatoms. The quantitative estimate of drug-likeness (QED) is 0.822. The standard InChI is InChI=1S/C14H25N5O/c1-4-13-12(11-18(3)16-13)14(20)17(2)9-10-19-7-5-15-6-8-19/h11,15H,4-10H2,1-3H3. The first-order valence-electron chi connectivity index (χ1n) is 7.33. The van der Waals surface area contributed by atoms with Crippen molar-refractivity contribution in [3.63, 3.8) is 0 Å². The average Bonchev–Trinajstić information content (AvgIpc) is 2.86. The number of likely N-dealkylation sites (N-methyl/N-ethyl adjacent to an activating group) is 1. The van der Waals surface area contributed by atoms with Gasteiger partial charge in [-0.15, -0.1) is 0 Å². The molecule has 1 N–H and O–H groups in total. The van der Waals surface area contributed by atoms with Crippen LogP contribution < -0.4 is 5.32 Å². The first-order valence-corrected chi connectivity index (χ1v) is 7.33. The molecule has 1 aromatic rings. The van der Waals surface area contributed by atoms with Crippen molar-refractivity contribution < 1.29 is 4.79 Å². The van der Waals surface area contributed by atoms with Gasteiger partial charge in [0.05, 0.1) is 11.3 Å². The van der Waals surface area contributed by atoms with E-state index in [9.17, 15) is 4.79 Å². The van der Waals surface area contributed by atoms with Gasteiger partial charge < -0.3 is 10.2 Å². The van der Waals surface area contributed by atoms with E-state index in [0.29, 0.717) is 0 Å². The molecule has 1 aliphatic heterocycles. The fourth-order valence-corrected chi connectivity index (χ4v) is 2.51. The monoisotopic (exact) mass is 279 g/mol. The number of nitrogens with one attached hydrogen (secondary N) is 1. The molecule has 1 amide bonds.